The van der Waals surface area contributed by atoms with E-state index in [0.717, 1.165) is 36.9 Å². The van der Waals surface area contributed by atoms with E-state index in [-0.39, 0.29) is 0 Å². The molecule has 0 saturated carbocycles. The van der Waals surface area contributed by atoms with Crippen molar-refractivity contribution in [3.8, 4) is 11.5 Å². The van der Waals surface area contributed by atoms with Crippen LogP contribution >= 0.6 is 0 Å². The van der Waals surface area contributed by atoms with Crippen LogP contribution in [0.3, 0.4) is 0 Å². The van der Waals surface area contributed by atoms with E-state index in [9.17, 15) is 0 Å². The van der Waals surface area contributed by atoms with Gasteiger partial charge in [-0.1, -0.05) is 6.07 Å². The van der Waals surface area contributed by atoms with Gasteiger partial charge < -0.3 is 14.8 Å². The lowest BCUT2D eigenvalue weighted by atomic mass is 9.93. The van der Waals surface area contributed by atoms with Crippen molar-refractivity contribution in [3.05, 3.63) is 23.8 Å². The van der Waals surface area contributed by atoms with Crippen LogP contribution in [0.5, 0.6) is 11.5 Å². The van der Waals surface area contributed by atoms with Crippen molar-refractivity contribution in [1.29, 1.82) is 0 Å². The Morgan fingerprint density at radius 3 is 2.20 bits per heavy atom. The molecule has 0 spiro atoms. The lowest BCUT2D eigenvalue weighted by molar-refractivity contribution is 0.328. The Kier molecular flexibility index (Phi) is 3.11. The minimum absolute atomic E-state index is 0.718. The van der Waals surface area contributed by atoms with Gasteiger partial charge in [0.2, 0.25) is 0 Å². The van der Waals surface area contributed by atoms with Gasteiger partial charge in [-0.05, 0) is 37.6 Å². The maximum absolute atomic E-state index is 5.36. The summed E-state index contributed by atoms with van der Waals surface area (Å²) in [5.74, 6) is 2.58. The van der Waals surface area contributed by atoms with Crippen LogP contribution in [-0.2, 0) is 6.42 Å². The molecular weight excluding hydrogens is 190 g/mol. The molecule has 1 aliphatic rings. The zero-order valence-electron chi connectivity index (χ0n) is 9.25. The molecule has 0 atom stereocenters. The number of nitrogens with one attached hydrogen (secondary N) is 1. The molecule has 0 bridgehead atoms. The van der Waals surface area contributed by atoms with E-state index in [1.165, 1.54) is 5.56 Å². The molecule has 2 rings (SSSR count). The number of rotatable bonds is 4. The molecule has 15 heavy (non-hydrogen) atoms. The van der Waals surface area contributed by atoms with Crippen LogP contribution in [0.15, 0.2) is 18.2 Å². The number of hydrogen-bond acceptors (Lipinski definition) is 3. The molecule has 0 aliphatic carbocycles. The lowest BCUT2D eigenvalue weighted by Gasteiger charge is -2.28. The van der Waals surface area contributed by atoms with Crippen molar-refractivity contribution in [2.45, 2.75) is 6.42 Å². The molecule has 1 N–H and O–H groups in total. The van der Waals surface area contributed by atoms with E-state index < -0.39 is 0 Å². The van der Waals surface area contributed by atoms with Crippen molar-refractivity contribution in [1.82, 2.24) is 5.32 Å². The predicted molar refractivity (Wildman–Crippen MR) is 59.6 cm³/mol. The fourth-order valence-corrected chi connectivity index (χ4v) is 1.91. The van der Waals surface area contributed by atoms with Gasteiger partial charge in [0.25, 0.3) is 0 Å². The number of methoxy groups -OCH3 is 2. The third-order valence-electron chi connectivity index (χ3n) is 2.89. The highest BCUT2D eigenvalue weighted by Gasteiger charge is 2.21. The second-order valence-electron chi connectivity index (χ2n) is 3.87. The molecule has 82 valence electrons. The van der Waals surface area contributed by atoms with Crippen LogP contribution in [0, 0.1) is 5.92 Å². The molecule has 0 aromatic heterocycles. The summed E-state index contributed by atoms with van der Waals surface area (Å²) in [4.78, 5) is 0. The summed E-state index contributed by atoms with van der Waals surface area (Å²) in [7, 11) is 3.41. The van der Waals surface area contributed by atoms with Gasteiger partial charge in [0.1, 0.15) is 11.5 Å². The van der Waals surface area contributed by atoms with Gasteiger partial charge >= 0.3 is 0 Å². The zero-order chi connectivity index (χ0) is 10.7. The summed E-state index contributed by atoms with van der Waals surface area (Å²) >= 11 is 0. The first-order valence-electron chi connectivity index (χ1n) is 5.25. The Labute approximate surface area is 90.4 Å². The standard InChI is InChI=1S/C12H17NO2/c1-14-11-4-3-5-12(15-2)10(11)6-9-7-13-8-9/h3-5,9,13H,6-8H2,1-2H3. The van der Waals surface area contributed by atoms with Crippen LogP contribution in [-0.4, -0.2) is 27.3 Å². The molecule has 0 unspecified atom stereocenters. The Hall–Kier alpha value is -1.22. The summed E-state index contributed by atoms with van der Waals surface area (Å²) in [6.07, 6.45) is 1.03. The Morgan fingerprint density at radius 2 is 1.80 bits per heavy atom. The van der Waals surface area contributed by atoms with Gasteiger partial charge in [-0.25, -0.2) is 0 Å². The van der Waals surface area contributed by atoms with E-state index in [1.807, 2.05) is 18.2 Å². The van der Waals surface area contributed by atoms with Gasteiger partial charge in [-0.3, -0.25) is 0 Å². The first-order valence-corrected chi connectivity index (χ1v) is 5.25. The maximum Gasteiger partial charge on any atom is 0.125 e. The molecule has 0 radical (unpaired) electrons. The van der Waals surface area contributed by atoms with Gasteiger partial charge in [-0.2, -0.15) is 0 Å². The monoisotopic (exact) mass is 207 g/mol. The van der Waals surface area contributed by atoms with Crippen molar-refractivity contribution in [2.75, 3.05) is 27.3 Å². The highest BCUT2D eigenvalue weighted by molar-refractivity contribution is 5.45. The molecular formula is C12H17NO2. The predicted octanol–water partition coefficient (Wildman–Crippen LogP) is 1.47. The lowest BCUT2D eigenvalue weighted by Crippen LogP contribution is -2.43. The largest absolute Gasteiger partial charge is 0.496 e. The van der Waals surface area contributed by atoms with Crippen LogP contribution in [0.25, 0.3) is 0 Å². The van der Waals surface area contributed by atoms with Crippen LogP contribution in [0.1, 0.15) is 5.56 Å². The first kappa shape index (κ1) is 10.3. The second-order valence-corrected chi connectivity index (χ2v) is 3.87. The Balaban J connectivity index is 2.23. The zero-order valence-corrected chi connectivity index (χ0v) is 9.25. The average molecular weight is 207 g/mol. The summed E-state index contributed by atoms with van der Waals surface area (Å²) in [6.45, 7) is 2.20. The van der Waals surface area contributed by atoms with E-state index >= 15 is 0 Å². The van der Waals surface area contributed by atoms with Crippen LogP contribution < -0.4 is 14.8 Å². The van der Waals surface area contributed by atoms with E-state index in [2.05, 4.69) is 5.32 Å². The van der Waals surface area contributed by atoms with E-state index in [4.69, 9.17) is 9.47 Å². The highest BCUT2D eigenvalue weighted by atomic mass is 16.5. The maximum atomic E-state index is 5.36. The molecule has 0 amide bonds. The molecule has 1 aromatic carbocycles. The van der Waals surface area contributed by atoms with Crippen molar-refractivity contribution >= 4 is 0 Å². The molecule has 1 aromatic rings. The minimum atomic E-state index is 0.718. The Bertz CT molecular complexity index is 312. The summed E-state index contributed by atoms with van der Waals surface area (Å²) in [5, 5.41) is 3.27. The molecule has 1 fully saturated rings. The fourth-order valence-electron chi connectivity index (χ4n) is 1.91. The van der Waals surface area contributed by atoms with Crippen molar-refractivity contribution in [3.63, 3.8) is 0 Å². The summed E-state index contributed by atoms with van der Waals surface area (Å²) < 4.78 is 10.7. The molecule has 3 heteroatoms. The first-order chi connectivity index (χ1) is 7.35. The third kappa shape index (κ3) is 2.07. The van der Waals surface area contributed by atoms with E-state index in [1.54, 1.807) is 14.2 Å². The second kappa shape index (κ2) is 4.53. The van der Waals surface area contributed by atoms with Gasteiger partial charge in [-0.15, -0.1) is 0 Å². The minimum Gasteiger partial charge on any atom is -0.496 e. The number of hydrogen-bond donors (Lipinski definition) is 1. The Morgan fingerprint density at radius 1 is 1.20 bits per heavy atom. The topological polar surface area (TPSA) is 30.5 Å². The highest BCUT2D eigenvalue weighted by Crippen LogP contribution is 2.31. The quantitative estimate of drug-likeness (QED) is 0.811. The van der Waals surface area contributed by atoms with Crippen molar-refractivity contribution in [2.24, 2.45) is 5.92 Å². The summed E-state index contributed by atoms with van der Waals surface area (Å²) in [5.41, 5.74) is 1.19. The van der Waals surface area contributed by atoms with Gasteiger partial charge in [0.05, 0.1) is 14.2 Å². The summed E-state index contributed by atoms with van der Waals surface area (Å²) in [6, 6.07) is 5.94. The molecule has 1 saturated heterocycles. The number of ether oxygens (including phenoxy) is 2. The van der Waals surface area contributed by atoms with Crippen molar-refractivity contribution < 1.29 is 9.47 Å². The third-order valence-corrected chi connectivity index (χ3v) is 2.89. The van der Waals surface area contributed by atoms with Gasteiger partial charge in [0, 0.05) is 5.56 Å². The molecule has 1 heterocycles. The molecule has 1 aliphatic heterocycles. The molecule has 3 nitrogen and oxygen atoms in total. The SMILES string of the molecule is COc1cccc(OC)c1CC1CNC1. The van der Waals surface area contributed by atoms with Crippen LogP contribution in [0.4, 0.5) is 0 Å². The van der Waals surface area contributed by atoms with Crippen LogP contribution in [0.2, 0.25) is 0 Å². The van der Waals surface area contributed by atoms with Gasteiger partial charge in [0.15, 0.2) is 0 Å². The number of benzene rings is 1. The smallest absolute Gasteiger partial charge is 0.125 e. The normalized spacial score (nSPS) is 15.9. The van der Waals surface area contributed by atoms with E-state index in [0.29, 0.717) is 0 Å². The average Bonchev–Trinajstić information content (AvgIpc) is 2.23. The fraction of sp³-hybridized carbons (Fsp3) is 0.500.